The molecular weight excluding hydrogens is 333 g/mol. The number of carbonyl (C=O) groups is 2. The highest BCUT2D eigenvalue weighted by Crippen LogP contribution is 2.37. The Labute approximate surface area is 134 Å². The van der Waals surface area contributed by atoms with Crippen LogP contribution in [0.2, 0.25) is 10.0 Å². The summed E-state index contributed by atoms with van der Waals surface area (Å²) in [5, 5.41) is 0.248. The van der Waals surface area contributed by atoms with Crippen molar-refractivity contribution in [3.05, 3.63) is 57.3 Å². The predicted octanol–water partition coefficient (Wildman–Crippen LogP) is 4.83. The first-order valence-electron chi connectivity index (χ1n) is 5.83. The van der Waals surface area contributed by atoms with Crippen molar-refractivity contribution in [3.63, 3.8) is 0 Å². The Morgan fingerprint density at radius 3 is 2.62 bits per heavy atom. The van der Waals surface area contributed by atoms with Gasteiger partial charge in [0.15, 0.2) is 0 Å². The van der Waals surface area contributed by atoms with Gasteiger partial charge in [-0.05, 0) is 42.1 Å². The van der Waals surface area contributed by atoms with Crippen LogP contribution in [0.1, 0.15) is 5.76 Å². The molecule has 0 bridgehead atoms. The lowest BCUT2D eigenvalue weighted by Gasteiger charge is -2.12. The molecule has 1 saturated heterocycles. The van der Waals surface area contributed by atoms with Crippen molar-refractivity contribution < 1.29 is 14.0 Å². The van der Waals surface area contributed by atoms with Crippen LogP contribution in [-0.4, -0.2) is 11.1 Å². The van der Waals surface area contributed by atoms with E-state index >= 15 is 0 Å². The minimum atomic E-state index is -0.417. The van der Waals surface area contributed by atoms with E-state index in [4.69, 9.17) is 27.6 Å². The summed E-state index contributed by atoms with van der Waals surface area (Å²) in [6.07, 6.45) is 3.03. The van der Waals surface area contributed by atoms with Crippen LogP contribution in [0.3, 0.4) is 0 Å². The Hall–Kier alpha value is -1.69. The average Bonchev–Trinajstić information content (AvgIpc) is 3.03. The summed E-state index contributed by atoms with van der Waals surface area (Å²) < 4.78 is 5.14. The van der Waals surface area contributed by atoms with E-state index in [0.29, 0.717) is 21.4 Å². The third-order valence-electron chi connectivity index (χ3n) is 2.77. The van der Waals surface area contributed by atoms with Gasteiger partial charge >= 0.3 is 0 Å². The van der Waals surface area contributed by atoms with E-state index < -0.39 is 11.1 Å². The molecule has 21 heavy (non-hydrogen) atoms. The molecule has 0 spiro atoms. The molecule has 1 aromatic heterocycles. The zero-order valence-corrected chi connectivity index (χ0v) is 12.7. The molecule has 1 aromatic carbocycles. The number of thioether (sulfide) groups is 1. The van der Waals surface area contributed by atoms with Gasteiger partial charge in [-0.15, -0.1) is 0 Å². The Balaban J connectivity index is 1.95. The SMILES string of the molecule is O=C1S/C(=C/c2ccco2)C(=O)N1c1ccc(Cl)c(Cl)c1. The second-order valence-electron chi connectivity index (χ2n) is 4.13. The monoisotopic (exact) mass is 339 g/mol. The van der Waals surface area contributed by atoms with E-state index in [0.717, 1.165) is 16.7 Å². The molecule has 1 aliphatic rings. The van der Waals surface area contributed by atoms with Crippen molar-refractivity contribution in [3.8, 4) is 0 Å². The number of amides is 2. The fourth-order valence-electron chi connectivity index (χ4n) is 1.82. The first kappa shape index (κ1) is 14.3. The summed E-state index contributed by atoms with van der Waals surface area (Å²) in [4.78, 5) is 25.7. The van der Waals surface area contributed by atoms with Gasteiger partial charge in [-0.2, -0.15) is 0 Å². The minimum Gasteiger partial charge on any atom is -0.465 e. The molecular formula is C14H7Cl2NO3S. The number of furan rings is 1. The van der Waals surface area contributed by atoms with Crippen LogP contribution in [-0.2, 0) is 4.79 Å². The van der Waals surface area contributed by atoms with E-state index in [1.807, 2.05) is 0 Å². The van der Waals surface area contributed by atoms with Gasteiger partial charge in [-0.3, -0.25) is 9.59 Å². The predicted molar refractivity (Wildman–Crippen MR) is 83.6 cm³/mol. The van der Waals surface area contributed by atoms with Crippen LogP contribution in [0.15, 0.2) is 45.9 Å². The number of benzene rings is 1. The summed E-state index contributed by atoms with van der Waals surface area (Å²) in [5.74, 6) is 0.0921. The Morgan fingerprint density at radius 2 is 1.95 bits per heavy atom. The molecule has 0 N–H and O–H groups in total. The van der Waals surface area contributed by atoms with Crippen LogP contribution in [0, 0.1) is 0 Å². The van der Waals surface area contributed by atoms with Crippen LogP contribution < -0.4 is 4.90 Å². The highest BCUT2D eigenvalue weighted by molar-refractivity contribution is 8.19. The third kappa shape index (κ3) is 2.72. The number of hydrogen-bond acceptors (Lipinski definition) is 4. The van der Waals surface area contributed by atoms with E-state index in [9.17, 15) is 9.59 Å². The molecule has 0 unspecified atom stereocenters. The normalized spacial score (nSPS) is 17.0. The quantitative estimate of drug-likeness (QED) is 0.735. The molecule has 0 aliphatic carbocycles. The maximum atomic E-state index is 12.3. The van der Waals surface area contributed by atoms with Gasteiger partial charge in [0.1, 0.15) is 5.76 Å². The lowest BCUT2D eigenvalue weighted by molar-refractivity contribution is -0.113. The molecule has 3 rings (SSSR count). The molecule has 2 heterocycles. The molecule has 2 aromatic rings. The molecule has 7 heteroatoms. The number of halogens is 2. The zero-order chi connectivity index (χ0) is 15.0. The van der Waals surface area contributed by atoms with Crippen molar-refractivity contribution in [2.75, 3.05) is 4.90 Å². The maximum Gasteiger partial charge on any atom is 0.298 e. The van der Waals surface area contributed by atoms with Gasteiger partial charge in [0.2, 0.25) is 0 Å². The smallest absolute Gasteiger partial charge is 0.298 e. The van der Waals surface area contributed by atoms with Gasteiger partial charge < -0.3 is 4.42 Å². The van der Waals surface area contributed by atoms with Crippen molar-refractivity contribution in [2.24, 2.45) is 0 Å². The van der Waals surface area contributed by atoms with Gasteiger partial charge in [0.25, 0.3) is 11.1 Å². The second kappa shape index (κ2) is 5.60. The second-order valence-corrected chi connectivity index (χ2v) is 5.94. The summed E-state index contributed by atoms with van der Waals surface area (Å²) in [5.41, 5.74) is 0.384. The molecule has 106 valence electrons. The largest absolute Gasteiger partial charge is 0.465 e. The van der Waals surface area contributed by atoms with Crippen molar-refractivity contribution in [2.45, 2.75) is 0 Å². The number of nitrogens with zero attached hydrogens (tertiary/aromatic N) is 1. The molecule has 0 radical (unpaired) electrons. The number of hydrogen-bond donors (Lipinski definition) is 0. The summed E-state index contributed by atoms with van der Waals surface area (Å²) >= 11 is 12.6. The number of rotatable bonds is 2. The van der Waals surface area contributed by atoms with Crippen molar-refractivity contribution in [1.29, 1.82) is 0 Å². The summed E-state index contributed by atoms with van der Waals surface area (Å²) in [6, 6.07) is 8.00. The third-order valence-corrected chi connectivity index (χ3v) is 4.38. The van der Waals surface area contributed by atoms with Gasteiger partial charge in [-0.25, -0.2) is 4.90 Å². The van der Waals surface area contributed by atoms with Gasteiger partial charge in [0.05, 0.1) is 26.9 Å². The Bertz CT molecular complexity index is 756. The molecule has 0 atom stereocenters. The molecule has 4 nitrogen and oxygen atoms in total. The summed E-state index contributed by atoms with van der Waals surface area (Å²) in [6.45, 7) is 0. The number of carbonyl (C=O) groups excluding carboxylic acids is 2. The highest BCUT2D eigenvalue weighted by Gasteiger charge is 2.36. The van der Waals surface area contributed by atoms with Crippen LogP contribution in [0.4, 0.5) is 10.5 Å². The summed E-state index contributed by atoms with van der Waals surface area (Å²) in [7, 11) is 0. The fraction of sp³-hybridized carbons (Fsp3) is 0. The number of imide groups is 1. The Morgan fingerprint density at radius 1 is 1.14 bits per heavy atom. The fourth-order valence-corrected chi connectivity index (χ4v) is 2.93. The standard InChI is InChI=1S/C14H7Cl2NO3S/c15-10-4-3-8(6-11(10)16)17-13(18)12(21-14(17)19)7-9-2-1-5-20-9/h1-7H/b12-7+. The maximum absolute atomic E-state index is 12.3. The van der Waals surface area contributed by atoms with Crippen LogP contribution >= 0.6 is 35.0 Å². The lowest BCUT2D eigenvalue weighted by atomic mass is 10.3. The van der Waals surface area contributed by atoms with Crippen molar-refractivity contribution in [1.82, 2.24) is 0 Å². The first-order valence-corrected chi connectivity index (χ1v) is 7.40. The topological polar surface area (TPSA) is 50.5 Å². The van der Waals surface area contributed by atoms with Crippen molar-refractivity contribution >= 4 is 57.9 Å². The van der Waals surface area contributed by atoms with E-state index in [2.05, 4.69) is 0 Å². The highest BCUT2D eigenvalue weighted by atomic mass is 35.5. The average molecular weight is 340 g/mol. The molecule has 1 aliphatic heterocycles. The molecule has 1 fully saturated rings. The molecule has 0 saturated carbocycles. The lowest BCUT2D eigenvalue weighted by Crippen LogP contribution is -2.27. The minimum absolute atomic E-state index is 0.281. The van der Waals surface area contributed by atoms with E-state index in [-0.39, 0.29) is 5.02 Å². The van der Waals surface area contributed by atoms with E-state index in [1.165, 1.54) is 18.4 Å². The van der Waals surface area contributed by atoms with Crippen LogP contribution in [0.25, 0.3) is 6.08 Å². The zero-order valence-electron chi connectivity index (χ0n) is 10.4. The Kier molecular flexibility index (Phi) is 3.80. The van der Waals surface area contributed by atoms with Crippen LogP contribution in [0.5, 0.6) is 0 Å². The van der Waals surface area contributed by atoms with Gasteiger partial charge in [-0.1, -0.05) is 23.2 Å². The molecule has 2 amide bonds. The van der Waals surface area contributed by atoms with E-state index in [1.54, 1.807) is 24.3 Å². The van der Waals surface area contributed by atoms with Gasteiger partial charge in [0, 0.05) is 6.08 Å². The first-order chi connectivity index (χ1) is 10.1. The number of anilines is 1.